The summed E-state index contributed by atoms with van der Waals surface area (Å²) in [6, 6.07) is 0. The normalized spacial score (nSPS) is 49.7. The van der Waals surface area contributed by atoms with Gasteiger partial charge in [0.2, 0.25) is 0 Å². The number of hydrogen-bond acceptors (Lipinski definition) is 1. The molecule has 0 aromatic carbocycles. The van der Waals surface area contributed by atoms with Crippen LogP contribution in [0, 0.1) is 0 Å². The van der Waals surface area contributed by atoms with Gasteiger partial charge < -0.3 is 4.74 Å². The van der Waals surface area contributed by atoms with Crippen molar-refractivity contribution in [3.05, 3.63) is 0 Å². The molecule has 0 aromatic heterocycles. The van der Waals surface area contributed by atoms with Gasteiger partial charge in [-0.1, -0.05) is 0 Å². The van der Waals surface area contributed by atoms with Gasteiger partial charge in [0.1, 0.15) is 0 Å². The highest BCUT2D eigenvalue weighted by Gasteiger charge is 2.38. The SMILES string of the molecule is CC12CCCC(CC1)O2. The molecule has 2 aliphatic heterocycles. The Bertz CT molecular complexity index is 118. The van der Waals surface area contributed by atoms with E-state index in [1.807, 2.05) is 0 Å². The molecule has 0 aliphatic carbocycles. The van der Waals surface area contributed by atoms with Crippen LogP contribution >= 0.6 is 0 Å². The summed E-state index contributed by atoms with van der Waals surface area (Å²) in [5.74, 6) is 0. The standard InChI is InChI=1S/C8H14O/c1-8-5-2-3-7(9-8)4-6-8/h7H,2-6H2,1H3. The van der Waals surface area contributed by atoms with Crippen molar-refractivity contribution in [2.24, 2.45) is 0 Å². The van der Waals surface area contributed by atoms with E-state index in [0.29, 0.717) is 11.7 Å². The summed E-state index contributed by atoms with van der Waals surface area (Å²) in [6.07, 6.45) is 7.25. The minimum Gasteiger partial charge on any atom is -0.372 e. The zero-order valence-electron chi connectivity index (χ0n) is 6.02. The van der Waals surface area contributed by atoms with Gasteiger partial charge in [0.05, 0.1) is 11.7 Å². The van der Waals surface area contributed by atoms with Gasteiger partial charge in [0.15, 0.2) is 0 Å². The molecule has 0 radical (unpaired) electrons. The molecule has 0 aromatic rings. The summed E-state index contributed by atoms with van der Waals surface area (Å²) >= 11 is 0. The lowest BCUT2D eigenvalue weighted by molar-refractivity contribution is -0.0641. The molecule has 2 aliphatic rings. The fourth-order valence-corrected chi connectivity index (χ4v) is 2.08. The van der Waals surface area contributed by atoms with Crippen LogP contribution in [0.2, 0.25) is 0 Å². The smallest absolute Gasteiger partial charge is 0.0659 e. The quantitative estimate of drug-likeness (QED) is 0.483. The van der Waals surface area contributed by atoms with E-state index in [1.165, 1.54) is 32.1 Å². The van der Waals surface area contributed by atoms with Crippen molar-refractivity contribution in [3.8, 4) is 0 Å². The van der Waals surface area contributed by atoms with E-state index in [0.717, 1.165) is 0 Å². The van der Waals surface area contributed by atoms with E-state index in [2.05, 4.69) is 6.92 Å². The van der Waals surface area contributed by atoms with Crippen LogP contribution in [0.1, 0.15) is 39.0 Å². The third-order valence-corrected chi connectivity index (χ3v) is 2.68. The Morgan fingerprint density at radius 2 is 2.22 bits per heavy atom. The zero-order valence-corrected chi connectivity index (χ0v) is 6.02. The Hall–Kier alpha value is -0.0400. The first-order valence-electron chi connectivity index (χ1n) is 3.96. The van der Waals surface area contributed by atoms with Crippen molar-refractivity contribution < 1.29 is 4.74 Å². The molecule has 0 amide bonds. The molecule has 52 valence electrons. The van der Waals surface area contributed by atoms with Crippen LogP contribution in [0.25, 0.3) is 0 Å². The first-order valence-corrected chi connectivity index (χ1v) is 3.96. The average Bonchev–Trinajstić information content (AvgIpc) is 2.07. The van der Waals surface area contributed by atoms with E-state index in [-0.39, 0.29) is 0 Å². The summed E-state index contributed by atoms with van der Waals surface area (Å²) in [6.45, 7) is 2.26. The van der Waals surface area contributed by atoms with Crippen molar-refractivity contribution in [1.82, 2.24) is 0 Å². The Kier molecular flexibility index (Phi) is 1.10. The van der Waals surface area contributed by atoms with Crippen molar-refractivity contribution >= 4 is 0 Å². The molecule has 2 rings (SSSR count). The van der Waals surface area contributed by atoms with E-state index < -0.39 is 0 Å². The lowest BCUT2D eigenvalue weighted by Crippen LogP contribution is -2.28. The van der Waals surface area contributed by atoms with Gasteiger partial charge in [-0.25, -0.2) is 0 Å². The topological polar surface area (TPSA) is 9.23 Å². The predicted molar refractivity (Wildman–Crippen MR) is 36.4 cm³/mol. The second-order valence-electron chi connectivity index (χ2n) is 3.62. The van der Waals surface area contributed by atoms with Crippen LogP contribution in [-0.2, 0) is 4.74 Å². The third-order valence-electron chi connectivity index (χ3n) is 2.68. The molecule has 0 spiro atoms. The minimum atomic E-state index is 0.295. The van der Waals surface area contributed by atoms with Crippen LogP contribution < -0.4 is 0 Å². The first-order chi connectivity index (χ1) is 4.29. The van der Waals surface area contributed by atoms with Gasteiger partial charge in [0, 0.05) is 0 Å². The maximum atomic E-state index is 5.78. The lowest BCUT2D eigenvalue weighted by atomic mass is 9.98. The van der Waals surface area contributed by atoms with Crippen molar-refractivity contribution in [2.75, 3.05) is 0 Å². The summed E-state index contributed by atoms with van der Waals surface area (Å²) in [5.41, 5.74) is 0.295. The molecule has 1 heteroatoms. The molecular weight excluding hydrogens is 112 g/mol. The Morgan fingerprint density at radius 1 is 1.33 bits per heavy atom. The van der Waals surface area contributed by atoms with E-state index in [4.69, 9.17) is 4.74 Å². The molecule has 2 heterocycles. The molecule has 1 nitrogen and oxygen atoms in total. The number of rotatable bonds is 0. The second-order valence-corrected chi connectivity index (χ2v) is 3.62. The summed E-state index contributed by atoms with van der Waals surface area (Å²) in [5, 5.41) is 0. The predicted octanol–water partition coefficient (Wildman–Crippen LogP) is 2.11. The Labute approximate surface area is 56.4 Å². The fraction of sp³-hybridized carbons (Fsp3) is 1.00. The molecular formula is C8H14O. The maximum Gasteiger partial charge on any atom is 0.0659 e. The van der Waals surface area contributed by atoms with Crippen LogP contribution in [0.5, 0.6) is 0 Å². The van der Waals surface area contributed by atoms with Crippen molar-refractivity contribution in [2.45, 2.75) is 50.7 Å². The second kappa shape index (κ2) is 1.72. The Morgan fingerprint density at radius 3 is 2.89 bits per heavy atom. The van der Waals surface area contributed by atoms with Crippen LogP contribution in [0.3, 0.4) is 0 Å². The van der Waals surface area contributed by atoms with Crippen LogP contribution in [-0.4, -0.2) is 11.7 Å². The van der Waals surface area contributed by atoms with Gasteiger partial charge in [0.25, 0.3) is 0 Å². The van der Waals surface area contributed by atoms with Gasteiger partial charge in [-0.15, -0.1) is 0 Å². The van der Waals surface area contributed by atoms with Gasteiger partial charge in [-0.2, -0.15) is 0 Å². The van der Waals surface area contributed by atoms with E-state index in [9.17, 15) is 0 Å². The summed E-state index contributed by atoms with van der Waals surface area (Å²) < 4.78 is 5.78. The van der Waals surface area contributed by atoms with Gasteiger partial charge in [-0.05, 0) is 39.0 Å². The van der Waals surface area contributed by atoms with Gasteiger partial charge >= 0.3 is 0 Å². The fourth-order valence-electron chi connectivity index (χ4n) is 2.08. The third kappa shape index (κ3) is 0.877. The largest absolute Gasteiger partial charge is 0.372 e. The highest BCUT2D eigenvalue weighted by molar-refractivity contribution is 4.89. The molecule has 2 atom stereocenters. The number of fused-ring (bicyclic) bond motifs is 2. The molecule has 0 N–H and O–H groups in total. The molecule has 2 saturated heterocycles. The van der Waals surface area contributed by atoms with E-state index >= 15 is 0 Å². The zero-order chi connectivity index (χ0) is 6.32. The lowest BCUT2D eigenvalue weighted by Gasteiger charge is -2.29. The highest BCUT2D eigenvalue weighted by Crippen LogP contribution is 2.40. The van der Waals surface area contributed by atoms with E-state index in [1.54, 1.807) is 0 Å². The molecule has 2 unspecified atom stereocenters. The molecule has 2 bridgehead atoms. The Balaban J connectivity index is 2.13. The van der Waals surface area contributed by atoms with Crippen LogP contribution in [0.4, 0.5) is 0 Å². The van der Waals surface area contributed by atoms with Crippen LogP contribution in [0.15, 0.2) is 0 Å². The first kappa shape index (κ1) is 5.72. The molecule has 0 saturated carbocycles. The maximum absolute atomic E-state index is 5.78. The molecule has 9 heavy (non-hydrogen) atoms. The number of ether oxygens (including phenoxy) is 1. The van der Waals surface area contributed by atoms with Gasteiger partial charge in [-0.3, -0.25) is 0 Å². The van der Waals surface area contributed by atoms with Crippen molar-refractivity contribution in [3.63, 3.8) is 0 Å². The summed E-state index contributed by atoms with van der Waals surface area (Å²) in [4.78, 5) is 0. The number of hydrogen-bond donors (Lipinski definition) is 0. The summed E-state index contributed by atoms with van der Waals surface area (Å²) in [7, 11) is 0. The van der Waals surface area contributed by atoms with Crippen molar-refractivity contribution in [1.29, 1.82) is 0 Å². The average molecular weight is 126 g/mol. The minimum absolute atomic E-state index is 0.295. The molecule has 2 fully saturated rings. The monoisotopic (exact) mass is 126 g/mol. The highest BCUT2D eigenvalue weighted by atomic mass is 16.5.